The summed E-state index contributed by atoms with van der Waals surface area (Å²) in [4.78, 5) is 3.84. The van der Waals surface area contributed by atoms with Gasteiger partial charge in [0.25, 0.3) is 5.82 Å². The minimum Gasteiger partial charge on any atom is -0.235 e. The SMILES string of the molecule is N#Cc1ncc2c(Br)ccn2n1. The fourth-order valence-electron chi connectivity index (χ4n) is 0.921. The first kappa shape index (κ1) is 7.25. The Morgan fingerprint density at radius 2 is 2.42 bits per heavy atom. The molecule has 4 nitrogen and oxygen atoms in total. The number of halogens is 1. The third kappa shape index (κ3) is 0.970. The van der Waals surface area contributed by atoms with Gasteiger partial charge in [-0.3, -0.25) is 0 Å². The summed E-state index contributed by atoms with van der Waals surface area (Å²) in [5.41, 5.74) is 0.856. The van der Waals surface area contributed by atoms with Gasteiger partial charge >= 0.3 is 0 Å². The molecule has 0 bridgehead atoms. The molecular weight excluding hydrogens is 220 g/mol. The van der Waals surface area contributed by atoms with Crippen molar-refractivity contribution in [2.45, 2.75) is 0 Å². The van der Waals surface area contributed by atoms with Gasteiger partial charge in [-0.2, -0.15) is 5.26 Å². The van der Waals surface area contributed by atoms with E-state index in [1.165, 1.54) is 0 Å². The summed E-state index contributed by atoms with van der Waals surface area (Å²) in [7, 11) is 0. The van der Waals surface area contributed by atoms with Gasteiger partial charge in [0.05, 0.1) is 11.7 Å². The molecule has 0 aliphatic carbocycles. The van der Waals surface area contributed by atoms with Gasteiger partial charge in [-0.15, -0.1) is 5.10 Å². The smallest absolute Gasteiger partial charge is 0.235 e. The summed E-state index contributed by atoms with van der Waals surface area (Å²) in [5.74, 6) is 0.172. The van der Waals surface area contributed by atoms with Crippen LogP contribution >= 0.6 is 15.9 Å². The zero-order valence-corrected chi connectivity index (χ0v) is 7.48. The third-order valence-electron chi connectivity index (χ3n) is 1.47. The van der Waals surface area contributed by atoms with Crippen molar-refractivity contribution >= 4 is 21.4 Å². The molecule has 0 N–H and O–H groups in total. The second-order valence-electron chi connectivity index (χ2n) is 2.19. The number of fused-ring (bicyclic) bond motifs is 1. The second kappa shape index (κ2) is 2.57. The Balaban J connectivity index is 2.80. The van der Waals surface area contributed by atoms with Crippen molar-refractivity contribution in [2.24, 2.45) is 0 Å². The number of nitriles is 1. The van der Waals surface area contributed by atoms with Gasteiger partial charge in [0.15, 0.2) is 0 Å². The van der Waals surface area contributed by atoms with Crippen LogP contribution in [-0.4, -0.2) is 14.6 Å². The first-order valence-electron chi connectivity index (χ1n) is 3.21. The van der Waals surface area contributed by atoms with E-state index in [2.05, 4.69) is 26.0 Å². The van der Waals surface area contributed by atoms with Crippen LogP contribution in [0.5, 0.6) is 0 Å². The maximum absolute atomic E-state index is 8.50. The van der Waals surface area contributed by atoms with Crippen LogP contribution in [0.1, 0.15) is 5.82 Å². The molecule has 0 atom stereocenters. The Bertz CT molecular complexity index is 468. The second-order valence-corrected chi connectivity index (χ2v) is 3.04. The van der Waals surface area contributed by atoms with Crippen LogP contribution in [0.2, 0.25) is 0 Å². The van der Waals surface area contributed by atoms with Crippen LogP contribution < -0.4 is 0 Å². The van der Waals surface area contributed by atoms with E-state index in [-0.39, 0.29) is 5.82 Å². The molecule has 0 aliphatic heterocycles. The molecule has 0 unspecified atom stereocenters. The first-order valence-corrected chi connectivity index (χ1v) is 4.00. The Hall–Kier alpha value is -1.41. The van der Waals surface area contributed by atoms with E-state index in [0.717, 1.165) is 9.99 Å². The van der Waals surface area contributed by atoms with Crippen molar-refractivity contribution in [2.75, 3.05) is 0 Å². The topological polar surface area (TPSA) is 54.0 Å². The van der Waals surface area contributed by atoms with Crippen LogP contribution in [0.25, 0.3) is 5.52 Å². The number of aromatic nitrogens is 3. The van der Waals surface area contributed by atoms with E-state index < -0.39 is 0 Å². The quantitative estimate of drug-likeness (QED) is 0.677. The van der Waals surface area contributed by atoms with Crippen LogP contribution in [-0.2, 0) is 0 Å². The van der Waals surface area contributed by atoms with Gasteiger partial charge < -0.3 is 0 Å². The molecule has 12 heavy (non-hydrogen) atoms. The minimum absolute atomic E-state index is 0.172. The highest BCUT2D eigenvalue weighted by Crippen LogP contribution is 2.16. The number of nitrogens with zero attached hydrogens (tertiary/aromatic N) is 4. The minimum atomic E-state index is 0.172. The van der Waals surface area contributed by atoms with Crippen molar-refractivity contribution in [3.05, 3.63) is 28.8 Å². The van der Waals surface area contributed by atoms with E-state index in [1.54, 1.807) is 16.9 Å². The molecule has 0 amide bonds. The average molecular weight is 223 g/mol. The first-order chi connectivity index (χ1) is 5.81. The third-order valence-corrected chi connectivity index (χ3v) is 2.14. The van der Waals surface area contributed by atoms with Crippen molar-refractivity contribution in [1.29, 1.82) is 5.26 Å². The summed E-state index contributed by atoms with van der Waals surface area (Å²) >= 11 is 3.33. The van der Waals surface area contributed by atoms with Crippen molar-refractivity contribution in [3.8, 4) is 6.07 Å². The summed E-state index contributed by atoms with van der Waals surface area (Å²) in [5, 5.41) is 12.4. The van der Waals surface area contributed by atoms with Gasteiger partial charge in [-0.1, -0.05) is 0 Å². The maximum Gasteiger partial charge on any atom is 0.251 e. The standard InChI is InChI=1S/C7H3BrN4/c8-5-1-2-12-6(5)4-10-7(3-9)11-12/h1-2,4H. The molecule has 0 saturated heterocycles. The summed E-state index contributed by atoms with van der Waals surface area (Å²) in [6.45, 7) is 0. The monoisotopic (exact) mass is 222 g/mol. The lowest BCUT2D eigenvalue weighted by Gasteiger charge is -1.92. The normalized spacial score (nSPS) is 10.0. The van der Waals surface area contributed by atoms with Crippen molar-refractivity contribution in [1.82, 2.24) is 14.6 Å². The highest BCUT2D eigenvalue weighted by Gasteiger charge is 2.01. The Morgan fingerprint density at radius 1 is 1.58 bits per heavy atom. The van der Waals surface area contributed by atoms with Gasteiger partial charge in [0.2, 0.25) is 0 Å². The highest BCUT2D eigenvalue weighted by atomic mass is 79.9. The van der Waals surface area contributed by atoms with E-state index in [9.17, 15) is 0 Å². The number of hydrogen-bond donors (Lipinski definition) is 0. The summed E-state index contributed by atoms with van der Waals surface area (Å²) < 4.78 is 2.53. The molecule has 2 rings (SSSR count). The van der Waals surface area contributed by atoms with Crippen LogP contribution in [0.3, 0.4) is 0 Å². The Kier molecular flexibility index (Phi) is 1.55. The number of rotatable bonds is 0. The Labute approximate surface area is 76.6 Å². The van der Waals surface area contributed by atoms with E-state index >= 15 is 0 Å². The fourth-order valence-corrected chi connectivity index (χ4v) is 1.32. The maximum atomic E-state index is 8.50. The molecule has 0 aliphatic rings. The fraction of sp³-hybridized carbons (Fsp3) is 0. The van der Waals surface area contributed by atoms with Crippen LogP contribution in [0.4, 0.5) is 0 Å². The summed E-state index contributed by atoms with van der Waals surface area (Å²) in [6.07, 6.45) is 3.37. The lowest BCUT2D eigenvalue weighted by atomic mass is 10.5. The molecule has 0 spiro atoms. The van der Waals surface area contributed by atoms with Gasteiger partial charge in [-0.05, 0) is 22.0 Å². The van der Waals surface area contributed by atoms with E-state index in [1.807, 2.05) is 12.1 Å². The molecule has 5 heteroatoms. The Morgan fingerprint density at radius 3 is 3.17 bits per heavy atom. The lowest BCUT2D eigenvalue weighted by molar-refractivity contribution is 0.882. The molecule has 2 aromatic rings. The van der Waals surface area contributed by atoms with E-state index in [4.69, 9.17) is 5.26 Å². The van der Waals surface area contributed by atoms with Gasteiger partial charge in [-0.25, -0.2) is 9.50 Å². The molecule has 2 aromatic heterocycles. The van der Waals surface area contributed by atoms with Crippen molar-refractivity contribution < 1.29 is 0 Å². The highest BCUT2D eigenvalue weighted by molar-refractivity contribution is 9.10. The molecule has 0 radical (unpaired) electrons. The van der Waals surface area contributed by atoms with E-state index in [0.29, 0.717) is 0 Å². The van der Waals surface area contributed by atoms with Crippen molar-refractivity contribution in [3.63, 3.8) is 0 Å². The van der Waals surface area contributed by atoms with Crippen LogP contribution in [0.15, 0.2) is 22.9 Å². The van der Waals surface area contributed by atoms with Gasteiger partial charge in [0, 0.05) is 10.7 Å². The molecule has 0 fully saturated rings. The molecular formula is C7H3BrN4. The number of hydrogen-bond acceptors (Lipinski definition) is 3. The average Bonchev–Trinajstić information content (AvgIpc) is 2.47. The largest absolute Gasteiger partial charge is 0.251 e. The molecule has 0 aromatic carbocycles. The predicted octanol–water partition coefficient (Wildman–Crippen LogP) is 1.36. The predicted molar refractivity (Wildman–Crippen MR) is 45.4 cm³/mol. The van der Waals surface area contributed by atoms with Crippen LogP contribution in [0, 0.1) is 11.3 Å². The lowest BCUT2D eigenvalue weighted by Crippen LogP contribution is -1.95. The zero-order chi connectivity index (χ0) is 8.55. The molecule has 0 saturated carbocycles. The summed E-state index contributed by atoms with van der Waals surface area (Å²) in [6, 6.07) is 3.72. The van der Waals surface area contributed by atoms with Gasteiger partial charge in [0.1, 0.15) is 6.07 Å². The molecule has 58 valence electrons. The molecule has 2 heterocycles. The zero-order valence-electron chi connectivity index (χ0n) is 5.90.